The van der Waals surface area contributed by atoms with Gasteiger partial charge in [-0.3, -0.25) is 19.7 Å². The van der Waals surface area contributed by atoms with Crippen LogP contribution in [0.5, 0.6) is 5.75 Å². The van der Waals surface area contributed by atoms with E-state index in [2.05, 4.69) is 5.32 Å². The number of fused-ring (bicyclic) bond motifs is 1. The van der Waals surface area contributed by atoms with Crippen LogP contribution in [0, 0.1) is 10.1 Å². The van der Waals surface area contributed by atoms with E-state index in [4.69, 9.17) is 16.3 Å². The van der Waals surface area contributed by atoms with Crippen LogP contribution in [0.1, 0.15) is 35.2 Å². The molecule has 0 unspecified atom stereocenters. The number of anilines is 1. The smallest absolute Gasteiger partial charge is 0.292 e. The first-order valence-corrected chi connectivity index (χ1v) is 8.28. The number of ketones is 1. The van der Waals surface area contributed by atoms with E-state index >= 15 is 0 Å². The molecule has 0 fully saturated rings. The van der Waals surface area contributed by atoms with Gasteiger partial charge in [-0.1, -0.05) is 30.7 Å². The van der Waals surface area contributed by atoms with E-state index in [-0.39, 0.29) is 35.4 Å². The van der Waals surface area contributed by atoms with E-state index < -0.39 is 10.8 Å². The zero-order valence-electron chi connectivity index (χ0n) is 13.8. The van der Waals surface area contributed by atoms with Gasteiger partial charge in [0.05, 0.1) is 10.5 Å². The molecule has 0 radical (unpaired) electrons. The number of nitrogens with zero attached hydrogens (tertiary/aromatic N) is 1. The Kier molecular flexibility index (Phi) is 4.90. The Morgan fingerprint density at radius 1 is 1.35 bits per heavy atom. The number of hydrogen-bond donors (Lipinski definition) is 1. The van der Waals surface area contributed by atoms with Crippen LogP contribution in [-0.4, -0.2) is 23.2 Å². The Labute approximate surface area is 154 Å². The molecule has 0 aliphatic heterocycles. The van der Waals surface area contributed by atoms with Crippen molar-refractivity contribution in [2.24, 2.45) is 0 Å². The number of carbonyl (C=O) groups is 2. The Balaban J connectivity index is 1.74. The lowest BCUT2D eigenvalue weighted by Gasteiger charge is -2.12. The van der Waals surface area contributed by atoms with Gasteiger partial charge in [0.1, 0.15) is 11.4 Å². The van der Waals surface area contributed by atoms with Crippen molar-refractivity contribution in [3.63, 3.8) is 0 Å². The van der Waals surface area contributed by atoms with Gasteiger partial charge in [0.25, 0.3) is 11.6 Å². The maximum Gasteiger partial charge on any atom is 0.292 e. The number of nitro groups is 1. The Bertz CT molecular complexity index is 912. The van der Waals surface area contributed by atoms with Crippen molar-refractivity contribution < 1.29 is 19.2 Å². The van der Waals surface area contributed by atoms with Crippen molar-refractivity contribution in [2.45, 2.75) is 19.3 Å². The molecule has 1 atom stereocenters. The fourth-order valence-electron chi connectivity index (χ4n) is 3.01. The first-order valence-electron chi connectivity index (χ1n) is 7.90. The molecule has 0 saturated carbocycles. The first-order chi connectivity index (χ1) is 12.4. The maximum absolute atomic E-state index is 12.2. The van der Waals surface area contributed by atoms with Crippen LogP contribution in [0.25, 0.3) is 0 Å². The van der Waals surface area contributed by atoms with Gasteiger partial charge >= 0.3 is 0 Å². The zero-order chi connectivity index (χ0) is 18.8. The second-order valence-corrected chi connectivity index (χ2v) is 6.38. The summed E-state index contributed by atoms with van der Waals surface area (Å²) in [5.41, 5.74) is 1.01. The highest BCUT2D eigenvalue weighted by molar-refractivity contribution is 6.32. The number of benzene rings is 2. The van der Waals surface area contributed by atoms with Crippen LogP contribution >= 0.6 is 11.6 Å². The lowest BCUT2D eigenvalue weighted by molar-refractivity contribution is -0.383. The van der Waals surface area contributed by atoms with Crippen molar-refractivity contribution in [3.8, 4) is 5.75 Å². The molecule has 1 aliphatic carbocycles. The molecule has 0 spiro atoms. The van der Waals surface area contributed by atoms with Gasteiger partial charge < -0.3 is 10.1 Å². The van der Waals surface area contributed by atoms with Gasteiger partial charge in [0, 0.05) is 17.5 Å². The first kappa shape index (κ1) is 17.9. The molecule has 1 amide bonds. The number of halogens is 1. The number of nitro benzene ring substituents is 1. The third kappa shape index (κ3) is 3.39. The van der Waals surface area contributed by atoms with E-state index in [0.717, 1.165) is 5.56 Å². The molecule has 0 saturated heterocycles. The topological polar surface area (TPSA) is 98.5 Å². The molecule has 0 heterocycles. The standard InChI is InChI=1S/C18H15ClN2O5/c1-10-8-14(22)18-15(7-6-11(19)17(10)18)26-9-16(23)20-12-4-2-3-5-13(12)21(24)25/h2-7,10H,8-9H2,1H3,(H,20,23)/t10-/m1/s1. The quantitative estimate of drug-likeness (QED) is 0.631. The van der Waals surface area contributed by atoms with Gasteiger partial charge in [0.2, 0.25) is 0 Å². The second-order valence-electron chi connectivity index (χ2n) is 5.97. The van der Waals surface area contributed by atoms with Crippen molar-refractivity contribution in [1.82, 2.24) is 0 Å². The predicted octanol–water partition coefficient (Wildman–Crippen LogP) is 3.96. The van der Waals surface area contributed by atoms with Crippen LogP contribution in [0.15, 0.2) is 36.4 Å². The summed E-state index contributed by atoms with van der Waals surface area (Å²) >= 11 is 6.17. The second kappa shape index (κ2) is 7.13. The van der Waals surface area contributed by atoms with Gasteiger partial charge in [-0.05, 0) is 29.7 Å². The number of para-hydroxylation sites is 2. The lowest BCUT2D eigenvalue weighted by atomic mass is 10.0. The van der Waals surface area contributed by atoms with Gasteiger partial charge in [-0.2, -0.15) is 0 Å². The van der Waals surface area contributed by atoms with Crippen LogP contribution in [0.4, 0.5) is 11.4 Å². The van der Waals surface area contributed by atoms with Crippen molar-refractivity contribution in [1.29, 1.82) is 0 Å². The molecule has 7 nitrogen and oxygen atoms in total. The Morgan fingerprint density at radius 2 is 2.08 bits per heavy atom. The molecular weight excluding hydrogens is 360 g/mol. The summed E-state index contributed by atoms with van der Waals surface area (Å²) in [6, 6.07) is 8.99. The lowest BCUT2D eigenvalue weighted by Crippen LogP contribution is -2.21. The monoisotopic (exact) mass is 374 g/mol. The van der Waals surface area contributed by atoms with Gasteiger partial charge in [0.15, 0.2) is 12.4 Å². The number of carbonyl (C=O) groups excluding carboxylic acids is 2. The summed E-state index contributed by atoms with van der Waals surface area (Å²) in [6.45, 7) is 1.52. The van der Waals surface area contributed by atoms with E-state index in [1.54, 1.807) is 18.2 Å². The van der Waals surface area contributed by atoms with E-state index in [1.807, 2.05) is 6.92 Å². The minimum absolute atomic E-state index is 0.00524. The fourth-order valence-corrected chi connectivity index (χ4v) is 3.36. The third-order valence-corrected chi connectivity index (χ3v) is 4.48. The van der Waals surface area contributed by atoms with Gasteiger partial charge in [-0.25, -0.2) is 0 Å². The number of rotatable bonds is 5. The minimum atomic E-state index is -0.581. The molecule has 3 rings (SSSR count). The Hall–Kier alpha value is -2.93. The van der Waals surface area contributed by atoms with E-state index in [9.17, 15) is 19.7 Å². The van der Waals surface area contributed by atoms with Crippen LogP contribution in [0.2, 0.25) is 5.02 Å². The predicted molar refractivity (Wildman–Crippen MR) is 96.0 cm³/mol. The normalized spacial score (nSPS) is 15.5. The molecule has 8 heteroatoms. The summed E-state index contributed by atoms with van der Waals surface area (Å²) in [5, 5.41) is 13.9. The molecule has 2 aromatic rings. The molecule has 1 aliphatic rings. The molecule has 0 bridgehead atoms. The highest BCUT2D eigenvalue weighted by atomic mass is 35.5. The van der Waals surface area contributed by atoms with E-state index in [0.29, 0.717) is 17.0 Å². The summed E-state index contributed by atoms with van der Waals surface area (Å²) in [6.07, 6.45) is 0.345. The summed E-state index contributed by atoms with van der Waals surface area (Å²) in [5.74, 6) is -0.364. The number of ether oxygens (including phenoxy) is 1. The van der Waals surface area contributed by atoms with Crippen LogP contribution in [0.3, 0.4) is 0 Å². The average molecular weight is 375 g/mol. The highest BCUT2D eigenvalue weighted by Crippen LogP contribution is 2.42. The third-order valence-electron chi connectivity index (χ3n) is 4.15. The summed E-state index contributed by atoms with van der Waals surface area (Å²) in [4.78, 5) is 34.7. The SMILES string of the molecule is C[C@@H]1CC(=O)c2c(OCC(=O)Nc3ccccc3[N+](=O)[O-])ccc(Cl)c21. The average Bonchev–Trinajstić information content (AvgIpc) is 2.90. The zero-order valence-corrected chi connectivity index (χ0v) is 14.6. The molecule has 26 heavy (non-hydrogen) atoms. The summed E-state index contributed by atoms with van der Waals surface area (Å²) < 4.78 is 5.50. The number of nitrogens with one attached hydrogen (secondary N) is 1. The van der Waals surface area contributed by atoms with Crippen molar-refractivity contribution in [3.05, 3.63) is 62.7 Å². The number of amides is 1. The minimum Gasteiger partial charge on any atom is -0.483 e. The molecule has 1 N–H and O–H groups in total. The molecule has 134 valence electrons. The number of Topliss-reactive ketones (excluding diaryl/α,β-unsaturated/α-hetero) is 1. The summed E-state index contributed by atoms with van der Waals surface area (Å²) in [7, 11) is 0. The van der Waals surface area contributed by atoms with Crippen molar-refractivity contribution in [2.75, 3.05) is 11.9 Å². The Morgan fingerprint density at radius 3 is 2.81 bits per heavy atom. The largest absolute Gasteiger partial charge is 0.483 e. The van der Waals surface area contributed by atoms with Crippen molar-refractivity contribution >= 4 is 34.7 Å². The molecular formula is C18H15ClN2O5. The molecule has 2 aromatic carbocycles. The fraction of sp³-hybridized carbons (Fsp3) is 0.222. The van der Waals surface area contributed by atoms with E-state index in [1.165, 1.54) is 18.2 Å². The van der Waals surface area contributed by atoms with Gasteiger partial charge in [-0.15, -0.1) is 0 Å². The molecule has 0 aromatic heterocycles. The highest BCUT2D eigenvalue weighted by Gasteiger charge is 2.32. The maximum atomic E-state index is 12.2. The van der Waals surface area contributed by atoms with Crippen LogP contribution < -0.4 is 10.1 Å². The number of hydrogen-bond acceptors (Lipinski definition) is 5. The van der Waals surface area contributed by atoms with Crippen LogP contribution in [-0.2, 0) is 4.79 Å².